The van der Waals surface area contributed by atoms with Crippen LogP contribution in [0.25, 0.3) is 0 Å². The Morgan fingerprint density at radius 1 is 1.21 bits per heavy atom. The molecule has 106 valence electrons. The highest BCUT2D eigenvalue weighted by Gasteiger charge is 2.12. The van der Waals surface area contributed by atoms with Gasteiger partial charge < -0.3 is 11.1 Å². The minimum absolute atomic E-state index is 0.0281. The molecule has 0 aliphatic heterocycles. The van der Waals surface area contributed by atoms with Crippen molar-refractivity contribution < 1.29 is 4.79 Å². The first-order valence-corrected chi connectivity index (χ1v) is 7.17. The Bertz CT molecular complexity index is 362. The van der Waals surface area contributed by atoms with Crippen LogP contribution in [0.3, 0.4) is 0 Å². The summed E-state index contributed by atoms with van der Waals surface area (Å²) in [7, 11) is 0. The molecule has 0 saturated heterocycles. The Hall–Kier alpha value is -1.35. The summed E-state index contributed by atoms with van der Waals surface area (Å²) in [6.07, 6.45) is 3.70. The van der Waals surface area contributed by atoms with Crippen LogP contribution in [0, 0.1) is 5.92 Å². The van der Waals surface area contributed by atoms with Crippen LogP contribution in [-0.4, -0.2) is 18.5 Å². The molecule has 19 heavy (non-hydrogen) atoms. The maximum atomic E-state index is 11.8. The Morgan fingerprint density at radius 3 is 2.53 bits per heavy atom. The third kappa shape index (κ3) is 6.97. The van der Waals surface area contributed by atoms with Crippen LogP contribution >= 0.6 is 0 Å². The van der Waals surface area contributed by atoms with Crippen molar-refractivity contribution in [3.63, 3.8) is 0 Å². The Kier molecular flexibility index (Phi) is 7.19. The van der Waals surface area contributed by atoms with Gasteiger partial charge in [0.05, 0.1) is 6.04 Å². The fraction of sp³-hybridized carbons (Fsp3) is 0.562. The second-order valence-electron chi connectivity index (χ2n) is 5.46. The predicted molar refractivity (Wildman–Crippen MR) is 79.8 cm³/mol. The van der Waals surface area contributed by atoms with Gasteiger partial charge in [-0.05, 0) is 37.2 Å². The molecule has 0 aliphatic rings. The monoisotopic (exact) mass is 262 g/mol. The molecule has 0 aliphatic carbocycles. The summed E-state index contributed by atoms with van der Waals surface area (Å²) in [5.41, 5.74) is 7.12. The van der Waals surface area contributed by atoms with Crippen molar-refractivity contribution in [3.8, 4) is 0 Å². The van der Waals surface area contributed by atoms with Gasteiger partial charge in [-0.15, -0.1) is 0 Å². The molecule has 1 rings (SSSR count). The van der Waals surface area contributed by atoms with Crippen molar-refractivity contribution in [2.24, 2.45) is 11.7 Å². The smallest absolute Gasteiger partial charge is 0.236 e. The van der Waals surface area contributed by atoms with Crippen molar-refractivity contribution in [2.75, 3.05) is 6.54 Å². The number of rotatable bonds is 8. The molecule has 3 nitrogen and oxygen atoms in total. The largest absolute Gasteiger partial charge is 0.355 e. The number of nitrogens with one attached hydrogen (secondary N) is 1. The van der Waals surface area contributed by atoms with E-state index < -0.39 is 6.04 Å². The summed E-state index contributed by atoms with van der Waals surface area (Å²) in [6, 6.07) is 9.73. The zero-order valence-electron chi connectivity index (χ0n) is 12.1. The quantitative estimate of drug-likeness (QED) is 0.707. The second-order valence-corrected chi connectivity index (χ2v) is 5.46. The standard InChI is InChI=1S/C16H26N2O/c1-13(2)7-6-12-18-16(19)15(17)11-10-14-8-4-3-5-9-14/h3-5,8-9,13,15H,6-7,10-12,17H2,1-2H3,(H,18,19). The third-order valence-electron chi connectivity index (χ3n) is 3.18. The number of carbonyl (C=O) groups is 1. The lowest BCUT2D eigenvalue weighted by Gasteiger charge is -2.12. The van der Waals surface area contributed by atoms with Gasteiger partial charge in [0.2, 0.25) is 5.91 Å². The zero-order valence-corrected chi connectivity index (χ0v) is 12.1. The van der Waals surface area contributed by atoms with E-state index in [2.05, 4.69) is 31.3 Å². The molecule has 0 spiro atoms. The van der Waals surface area contributed by atoms with Gasteiger partial charge in [0.1, 0.15) is 0 Å². The first-order valence-electron chi connectivity index (χ1n) is 7.17. The van der Waals surface area contributed by atoms with Crippen molar-refractivity contribution >= 4 is 5.91 Å². The number of benzene rings is 1. The maximum absolute atomic E-state index is 11.8. The molecule has 1 aromatic carbocycles. The highest BCUT2D eigenvalue weighted by Crippen LogP contribution is 2.05. The first kappa shape index (κ1) is 15.7. The molecule has 1 unspecified atom stereocenters. The fourth-order valence-corrected chi connectivity index (χ4v) is 1.95. The lowest BCUT2D eigenvalue weighted by atomic mass is 10.1. The summed E-state index contributed by atoms with van der Waals surface area (Å²) in [6.45, 7) is 5.11. The van der Waals surface area contributed by atoms with Crippen molar-refractivity contribution in [2.45, 2.75) is 45.6 Å². The number of aryl methyl sites for hydroxylation is 1. The minimum atomic E-state index is -0.403. The topological polar surface area (TPSA) is 55.1 Å². The second kappa shape index (κ2) is 8.70. The molecular weight excluding hydrogens is 236 g/mol. The Balaban J connectivity index is 2.18. The van der Waals surface area contributed by atoms with Crippen LogP contribution < -0.4 is 11.1 Å². The van der Waals surface area contributed by atoms with Gasteiger partial charge in [0, 0.05) is 6.54 Å². The van der Waals surface area contributed by atoms with Crippen LogP contribution in [0.15, 0.2) is 30.3 Å². The first-order chi connectivity index (χ1) is 9.09. The van der Waals surface area contributed by atoms with E-state index in [1.165, 1.54) is 5.56 Å². The van der Waals surface area contributed by atoms with E-state index in [1.807, 2.05) is 18.2 Å². The van der Waals surface area contributed by atoms with E-state index in [1.54, 1.807) is 0 Å². The number of amides is 1. The molecule has 0 heterocycles. The number of hydrogen-bond acceptors (Lipinski definition) is 2. The van der Waals surface area contributed by atoms with Gasteiger partial charge in [-0.2, -0.15) is 0 Å². The third-order valence-corrected chi connectivity index (χ3v) is 3.18. The van der Waals surface area contributed by atoms with Crippen LogP contribution in [0.4, 0.5) is 0 Å². The minimum Gasteiger partial charge on any atom is -0.355 e. The molecule has 0 saturated carbocycles. The highest BCUT2D eigenvalue weighted by molar-refractivity contribution is 5.81. The van der Waals surface area contributed by atoms with Crippen molar-refractivity contribution in [3.05, 3.63) is 35.9 Å². The zero-order chi connectivity index (χ0) is 14.1. The molecule has 0 bridgehead atoms. The van der Waals surface area contributed by atoms with Crippen molar-refractivity contribution in [1.29, 1.82) is 0 Å². The van der Waals surface area contributed by atoms with Gasteiger partial charge in [0.15, 0.2) is 0 Å². The normalized spacial score (nSPS) is 12.4. The molecule has 3 heteroatoms. The van der Waals surface area contributed by atoms with Gasteiger partial charge >= 0.3 is 0 Å². The molecule has 1 amide bonds. The molecular formula is C16H26N2O. The van der Waals surface area contributed by atoms with E-state index in [4.69, 9.17) is 5.73 Å². The van der Waals surface area contributed by atoms with Crippen LogP contribution in [0.5, 0.6) is 0 Å². The predicted octanol–water partition coefficient (Wildman–Crippen LogP) is 2.50. The molecule has 0 aromatic heterocycles. The molecule has 1 atom stereocenters. The molecule has 3 N–H and O–H groups in total. The SMILES string of the molecule is CC(C)CCCNC(=O)C(N)CCc1ccccc1. The summed E-state index contributed by atoms with van der Waals surface area (Å²) >= 11 is 0. The Morgan fingerprint density at radius 2 is 1.89 bits per heavy atom. The lowest BCUT2D eigenvalue weighted by molar-refractivity contribution is -0.122. The average molecular weight is 262 g/mol. The summed E-state index contributed by atoms with van der Waals surface area (Å²) in [5, 5.41) is 2.91. The molecule has 0 fully saturated rings. The lowest BCUT2D eigenvalue weighted by Crippen LogP contribution is -2.41. The fourth-order valence-electron chi connectivity index (χ4n) is 1.95. The number of hydrogen-bond donors (Lipinski definition) is 2. The highest BCUT2D eigenvalue weighted by atomic mass is 16.2. The molecule has 1 aromatic rings. The van der Waals surface area contributed by atoms with Gasteiger partial charge in [0.25, 0.3) is 0 Å². The van der Waals surface area contributed by atoms with E-state index in [0.29, 0.717) is 12.3 Å². The maximum Gasteiger partial charge on any atom is 0.236 e. The van der Waals surface area contributed by atoms with Crippen LogP contribution in [-0.2, 0) is 11.2 Å². The number of carbonyl (C=O) groups excluding carboxylic acids is 1. The van der Waals surface area contributed by atoms with Crippen LogP contribution in [0.2, 0.25) is 0 Å². The van der Waals surface area contributed by atoms with Gasteiger partial charge in [-0.25, -0.2) is 0 Å². The Labute approximate surface area is 116 Å². The van der Waals surface area contributed by atoms with Crippen molar-refractivity contribution in [1.82, 2.24) is 5.32 Å². The van der Waals surface area contributed by atoms with E-state index in [0.717, 1.165) is 25.8 Å². The number of nitrogens with two attached hydrogens (primary N) is 1. The van der Waals surface area contributed by atoms with E-state index >= 15 is 0 Å². The van der Waals surface area contributed by atoms with E-state index in [-0.39, 0.29) is 5.91 Å². The van der Waals surface area contributed by atoms with Crippen LogP contribution in [0.1, 0.15) is 38.7 Å². The summed E-state index contributed by atoms with van der Waals surface area (Å²) in [4.78, 5) is 11.8. The van der Waals surface area contributed by atoms with Gasteiger partial charge in [-0.3, -0.25) is 4.79 Å². The van der Waals surface area contributed by atoms with E-state index in [9.17, 15) is 4.79 Å². The summed E-state index contributed by atoms with van der Waals surface area (Å²) in [5.74, 6) is 0.656. The average Bonchev–Trinajstić information content (AvgIpc) is 2.41. The molecule has 0 radical (unpaired) electrons. The summed E-state index contributed by atoms with van der Waals surface area (Å²) < 4.78 is 0. The van der Waals surface area contributed by atoms with Gasteiger partial charge in [-0.1, -0.05) is 44.2 Å².